The molecule has 1 rings (SSSR count). The Labute approximate surface area is 123 Å². The average molecular weight is 292 g/mol. The Morgan fingerprint density at radius 2 is 1.76 bits per heavy atom. The molecule has 2 amide bonds. The van der Waals surface area contributed by atoms with Gasteiger partial charge < -0.3 is 15.4 Å². The van der Waals surface area contributed by atoms with Crippen LogP contribution in [0.1, 0.15) is 27.2 Å². The quantitative estimate of drug-likeness (QED) is 0.621. The first-order chi connectivity index (χ1) is 9.92. The van der Waals surface area contributed by atoms with Crippen molar-refractivity contribution in [1.82, 2.24) is 0 Å². The SMILES string of the molecule is CCOC(=O)CC(=O)Nc1cccc(NC(=O)C(C)C)c1. The van der Waals surface area contributed by atoms with E-state index in [0.29, 0.717) is 11.4 Å². The Kier molecular flexibility index (Phi) is 6.39. The van der Waals surface area contributed by atoms with E-state index in [1.807, 2.05) is 0 Å². The molecule has 0 unspecified atom stereocenters. The van der Waals surface area contributed by atoms with Crippen molar-refractivity contribution in [3.63, 3.8) is 0 Å². The molecule has 0 fully saturated rings. The van der Waals surface area contributed by atoms with Gasteiger partial charge in [-0.15, -0.1) is 0 Å². The molecular weight excluding hydrogens is 272 g/mol. The van der Waals surface area contributed by atoms with Crippen molar-refractivity contribution in [2.45, 2.75) is 27.2 Å². The molecule has 114 valence electrons. The van der Waals surface area contributed by atoms with Crippen molar-refractivity contribution >= 4 is 29.2 Å². The van der Waals surface area contributed by atoms with Crippen LogP contribution in [0.3, 0.4) is 0 Å². The summed E-state index contributed by atoms with van der Waals surface area (Å²) in [7, 11) is 0. The average Bonchev–Trinajstić information content (AvgIpc) is 2.38. The molecule has 0 heterocycles. The Morgan fingerprint density at radius 1 is 1.14 bits per heavy atom. The van der Waals surface area contributed by atoms with Crippen LogP contribution in [0.25, 0.3) is 0 Å². The van der Waals surface area contributed by atoms with Crippen LogP contribution < -0.4 is 10.6 Å². The van der Waals surface area contributed by atoms with Crippen LogP contribution in [0.4, 0.5) is 11.4 Å². The predicted molar refractivity (Wildman–Crippen MR) is 79.8 cm³/mol. The number of esters is 1. The minimum atomic E-state index is -0.570. The standard InChI is InChI=1S/C15H20N2O4/c1-4-21-14(19)9-13(18)16-11-6-5-7-12(8-11)17-15(20)10(2)3/h5-8,10H,4,9H2,1-3H3,(H,16,18)(H,17,20). The summed E-state index contributed by atoms with van der Waals surface area (Å²) in [6, 6.07) is 6.73. The highest BCUT2D eigenvalue weighted by atomic mass is 16.5. The molecule has 0 aliphatic rings. The molecular formula is C15H20N2O4. The molecule has 0 saturated heterocycles. The molecule has 0 atom stereocenters. The van der Waals surface area contributed by atoms with Crippen molar-refractivity contribution in [2.75, 3.05) is 17.2 Å². The lowest BCUT2D eigenvalue weighted by molar-refractivity contribution is -0.145. The molecule has 0 saturated carbocycles. The summed E-state index contributed by atoms with van der Waals surface area (Å²) < 4.78 is 4.70. The lowest BCUT2D eigenvalue weighted by Gasteiger charge is -2.10. The Bertz CT molecular complexity index is 526. The van der Waals surface area contributed by atoms with Crippen LogP contribution in [-0.4, -0.2) is 24.4 Å². The largest absolute Gasteiger partial charge is 0.466 e. The van der Waals surface area contributed by atoms with Crippen LogP contribution in [0, 0.1) is 5.92 Å². The number of anilines is 2. The van der Waals surface area contributed by atoms with E-state index in [-0.39, 0.29) is 24.9 Å². The van der Waals surface area contributed by atoms with Gasteiger partial charge in [0.25, 0.3) is 0 Å². The van der Waals surface area contributed by atoms with E-state index < -0.39 is 11.9 Å². The second kappa shape index (κ2) is 8.04. The second-order valence-corrected chi connectivity index (χ2v) is 4.75. The summed E-state index contributed by atoms with van der Waals surface area (Å²) in [4.78, 5) is 34.4. The summed E-state index contributed by atoms with van der Waals surface area (Å²) in [5, 5.41) is 5.32. The van der Waals surface area contributed by atoms with E-state index in [1.165, 1.54) is 0 Å². The first-order valence-electron chi connectivity index (χ1n) is 6.78. The Balaban J connectivity index is 2.62. The molecule has 0 spiro atoms. The number of carbonyl (C=O) groups excluding carboxylic acids is 3. The number of rotatable bonds is 6. The molecule has 6 nitrogen and oxygen atoms in total. The third kappa shape index (κ3) is 6.07. The number of ether oxygens (including phenoxy) is 1. The molecule has 1 aromatic carbocycles. The van der Waals surface area contributed by atoms with Crippen LogP contribution in [0.15, 0.2) is 24.3 Å². The molecule has 0 aliphatic carbocycles. The summed E-state index contributed by atoms with van der Waals surface area (Å²) >= 11 is 0. The van der Waals surface area contributed by atoms with Crippen molar-refractivity contribution in [2.24, 2.45) is 5.92 Å². The second-order valence-electron chi connectivity index (χ2n) is 4.75. The number of nitrogens with one attached hydrogen (secondary N) is 2. The molecule has 0 aliphatic heterocycles. The van der Waals surface area contributed by atoms with Gasteiger partial charge in [-0.1, -0.05) is 19.9 Å². The zero-order valence-corrected chi connectivity index (χ0v) is 12.4. The highest BCUT2D eigenvalue weighted by molar-refractivity contribution is 6.02. The lowest BCUT2D eigenvalue weighted by Crippen LogP contribution is -2.19. The van der Waals surface area contributed by atoms with E-state index in [4.69, 9.17) is 4.74 Å². The molecule has 0 aromatic heterocycles. The summed E-state index contributed by atoms with van der Waals surface area (Å²) in [6.45, 7) is 5.50. The maximum Gasteiger partial charge on any atom is 0.315 e. The van der Waals surface area contributed by atoms with Crippen LogP contribution in [0.5, 0.6) is 0 Å². The normalized spacial score (nSPS) is 10.1. The molecule has 0 radical (unpaired) electrons. The Morgan fingerprint density at radius 3 is 2.33 bits per heavy atom. The monoisotopic (exact) mass is 292 g/mol. The number of benzene rings is 1. The Hall–Kier alpha value is -2.37. The molecule has 1 aromatic rings. The molecule has 6 heteroatoms. The summed E-state index contributed by atoms with van der Waals surface area (Å²) in [6.07, 6.45) is -0.337. The topological polar surface area (TPSA) is 84.5 Å². The van der Waals surface area contributed by atoms with Gasteiger partial charge in [-0.3, -0.25) is 14.4 Å². The number of amides is 2. The zero-order valence-electron chi connectivity index (χ0n) is 12.4. The van der Waals surface area contributed by atoms with Gasteiger partial charge in [0.1, 0.15) is 6.42 Å². The predicted octanol–water partition coefficient (Wildman–Crippen LogP) is 2.17. The smallest absolute Gasteiger partial charge is 0.315 e. The summed E-state index contributed by atoms with van der Waals surface area (Å²) in [5.74, 6) is -1.27. The summed E-state index contributed by atoms with van der Waals surface area (Å²) in [5.41, 5.74) is 1.09. The van der Waals surface area contributed by atoms with Crippen LogP contribution in [-0.2, 0) is 19.1 Å². The number of hydrogen-bond donors (Lipinski definition) is 2. The molecule has 21 heavy (non-hydrogen) atoms. The van der Waals surface area contributed by atoms with E-state index in [0.717, 1.165) is 0 Å². The van der Waals surface area contributed by atoms with Gasteiger partial charge >= 0.3 is 5.97 Å². The molecule has 2 N–H and O–H groups in total. The zero-order chi connectivity index (χ0) is 15.8. The fraction of sp³-hybridized carbons (Fsp3) is 0.400. The van der Waals surface area contributed by atoms with Gasteiger partial charge in [-0.25, -0.2) is 0 Å². The first-order valence-corrected chi connectivity index (χ1v) is 6.78. The lowest BCUT2D eigenvalue weighted by atomic mass is 10.2. The van der Waals surface area contributed by atoms with Gasteiger partial charge in [0.15, 0.2) is 0 Å². The number of hydrogen-bond acceptors (Lipinski definition) is 4. The number of carbonyl (C=O) groups is 3. The van der Waals surface area contributed by atoms with Crippen molar-refractivity contribution in [3.8, 4) is 0 Å². The molecule has 0 bridgehead atoms. The van der Waals surface area contributed by atoms with E-state index in [2.05, 4.69) is 10.6 Å². The maximum absolute atomic E-state index is 11.6. The third-order valence-electron chi connectivity index (χ3n) is 2.55. The van der Waals surface area contributed by atoms with Gasteiger partial charge in [0.2, 0.25) is 11.8 Å². The first kappa shape index (κ1) is 16.7. The van der Waals surface area contributed by atoms with E-state index in [1.54, 1.807) is 45.0 Å². The third-order valence-corrected chi connectivity index (χ3v) is 2.55. The van der Waals surface area contributed by atoms with Crippen LogP contribution in [0.2, 0.25) is 0 Å². The van der Waals surface area contributed by atoms with Gasteiger partial charge in [-0.05, 0) is 25.1 Å². The van der Waals surface area contributed by atoms with Gasteiger partial charge in [-0.2, -0.15) is 0 Å². The van der Waals surface area contributed by atoms with Crippen LogP contribution >= 0.6 is 0 Å². The van der Waals surface area contributed by atoms with Crippen molar-refractivity contribution in [3.05, 3.63) is 24.3 Å². The highest BCUT2D eigenvalue weighted by Crippen LogP contribution is 2.16. The maximum atomic E-state index is 11.6. The minimum absolute atomic E-state index is 0.106. The van der Waals surface area contributed by atoms with E-state index >= 15 is 0 Å². The van der Waals surface area contributed by atoms with Gasteiger partial charge in [0.05, 0.1) is 6.61 Å². The van der Waals surface area contributed by atoms with Gasteiger partial charge in [0, 0.05) is 17.3 Å². The van der Waals surface area contributed by atoms with Crippen molar-refractivity contribution < 1.29 is 19.1 Å². The fourth-order valence-electron chi connectivity index (χ4n) is 1.51. The highest BCUT2D eigenvalue weighted by Gasteiger charge is 2.11. The fourth-order valence-corrected chi connectivity index (χ4v) is 1.51. The van der Waals surface area contributed by atoms with Crippen molar-refractivity contribution in [1.29, 1.82) is 0 Å². The minimum Gasteiger partial charge on any atom is -0.466 e. The van der Waals surface area contributed by atoms with E-state index in [9.17, 15) is 14.4 Å².